The third-order valence-electron chi connectivity index (χ3n) is 10.1. The van der Waals surface area contributed by atoms with E-state index in [0.29, 0.717) is 56.8 Å². The Morgan fingerprint density at radius 3 is 2.22 bits per heavy atom. The Bertz CT molecular complexity index is 1390. The van der Waals surface area contributed by atoms with Crippen molar-refractivity contribution >= 4 is 33.1 Å². The van der Waals surface area contributed by atoms with Gasteiger partial charge in [0.25, 0.3) is 0 Å². The van der Waals surface area contributed by atoms with Crippen molar-refractivity contribution in [2.75, 3.05) is 42.2 Å². The summed E-state index contributed by atoms with van der Waals surface area (Å²) in [7, 11) is -3.15. The first-order chi connectivity index (χ1) is 19.6. The highest BCUT2D eigenvalue weighted by molar-refractivity contribution is 7.88. The summed E-state index contributed by atoms with van der Waals surface area (Å²) in [6.45, 7) is 2.23. The van der Waals surface area contributed by atoms with Gasteiger partial charge in [-0.25, -0.2) is 17.5 Å². The van der Waals surface area contributed by atoms with Gasteiger partial charge in [-0.05, 0) is 99.1 Å². The Morgan fingerprint density at radius 2 is 1.59 bits per heavy atom. The molecule has 0 aromatic heterocycles. The molecule has 0 spiro atoms. The molecule has 4 saturated carbocycles. The Balaban J connectivity index is 1.02. The van der Waals surface area contributed by atoms with Crippen LogP contribution in [0.2, 0.25) is 0 Å². The van der Waals surface area contributed by atoms with E-state index < -0.39 is 15.6 Å². The molecule has 0 radical (unpaired) electrons. The van der Waals surface area contributed by atoms with Gasteiger partial charge in [0.05, 0.1) is 23.2 Å². The van der Waals surface area contributed by atoms with E-state index >= 15 is 0 Å². The molecule has 10 heteroatoms. The number of fused-ring (bicyclic) bond motifs is 1. The van der Waals surface area contributed by atoms with Crippen LogP contribution < -0.4 is 19.9 Å². The number of sulfonamides is 1. The summed E-state index contributed by atoms with van der Waals surface area (Å²) in [6, 6.07) is 16.2. The van der Waals surface area contributed by atoms with Crippen LogP contribution in [0.3, 0.4) is 0 Å². The lowest BCUT2D eigenvalue weighted by Crippen LogP contribution is -2.63. The lowest BCUT2D eigenvalue weighted by atomic mass is 9.52. The normalized spacial score (nSPS) is 31.7. The van der Waals surface area contributed by atoms with E-state index in [2.05, 4.69) is 16.3 Å². The third-order valence-corrected chi connectivity index (χ3v) is 11.4. The van der Waals surface area contributed by atoms with Crippen molar-refractivity contribution < 1.29 is 23.1 Å². The summed E-state index contributed by atoms with van der Waals surface area (Å²) in [5.41, 5.74) is 2.42. The second kappa shape index (κ2) is 10.2. The number of piperidine rings is 1. The topological polar surface area (TPSA) is 102 Å². The number of carbonyl (C=O) groups excluding carboxylic acids is 1. The lowest BCUT2D eigenvalue weighted by molar-refractivity contribution is -0.136. The van der Waals surface area contributed by atoms with Gasteiger partial charge in [-0.15, -0.1) is 0 Å². The van der Waals surface area contributed by atoms with Crippen molar-refractivity contribution in [2.45, 2.75) is 62.7 Å². The zero-order chi connectivity index (χ0) is 28.4. The Hall–Kier alpha value is -2.82. The summed E-state index contributed by atoms with van der Waals surface area (Å²) in [4.78, 5) is 17.8. The Labute approximate surface area is 242 Å². The van der Waals surface area contributed by atoms with Crippen LogP contribution in [0.25, 0.3) is 0 Å². The van der Waals surface area contributed by atoms with Crippen molar-refractivity contribution in [3.05, 3.63) is 48.5 Å². The number of carbonyl (C=O) groups is 1. The van der Waals surface area contributed by atoms with Crippen LogP contribution in [-0.2, 0) is 10.0 Å². The number of ether oxygens (including phenoxy) is 1. The molecule has 2 aliphatic heterocycles. The zero-order valence-electron chi connectivity index (χ0n) is 23.6. The van der Waals surface area contributed by atoms with Gasteiger partial charge >= 0.3 is 6.03 Å². The van der Waals surface area contributed by atoms with E-state index in [1.165, 1.54) is 10.6 Å². The highest BCUT2D eigenvalue weighted by atomic mass is 32.2. The van der Waals surface area contributed by atoms with Gasteiger partial charge in [0.1, 0.15) is 11.9 Å². The summed E-state index contributed by atoms with van der Waals surface area (Å²) in [6.07, 6.45) is 7.41. The van der Waals surface area contributed by atoms with Gasteiger partial charge in [0, 0.05) is 37.9 Å². The van der Waals surface area contributed by atoms with Crippen molar-refractivity contribution in [1.82, 2.24) is 9.62 Å². The highest BCUT2D eigenvalue weighted by Crippen LogP contribution is 2.55. The molecule has 2 amide bonds. The van der Waals surface area contributed by atoms with Gasteiger partial charge in [0.2, 0.25) is 10.0 Å². The number of benzene rings is 2. The minimum Gasteiger partial charge on any atom is -0.490 e. The molecular weight excluding hydrogens is 540 g/mol. The van der Waals surface area contributed by atoms with E-state index in [1.54, 1.807) is 0 Å². The summed E-state index contributed by atoms with van der Waals surface area (Å²) >= 11 is 0. The number of amides is 2. The third kappa shape index (κ3) is 5.19. The smallest absolute Gasteiger partial charge is 0.322 e. The minimum atomic E-state index is -3.15. The van der Waals surface area contributed by atoms with E-state index in [0.717, 1.165) is 54.9 Å². The van der Waals surface area contributed by atoms with Crippen LogP contribution in [-0.4, -0.2) is 74.0 Å². The molecule has 9 nitrogen and oxygen atoms in total. The van der Waals surface area contributed by atoms with E-state index in [9.17, 15) is 18.3 Å². The lowest BCUT2D eigenvalue weighted by Gasteiger charge is -2.58. The standard InChI is InChI=1S/C31H40N4O5S/c1-41(38,39)33-12-10-26(11-13-33)40-25-8-6-24(7-9-25)34-14-15-35(28-5-3-2-4-27(28)34)30(36)32-29-22-16-21-17-23(29)20-31(37,18-21)19-22/h2-9,21-23,26,29,37H,10-20H2,1H3,(H,32,36)/t21?,22-,23+,29?,31?. The predicted octanol–water partition coefficient (Wildman–Crippen LogP) is 4.10. The maximum atomic E-state index is 13.7. The molecule has 220 valence electrons. The second-order valence-corrected chi connectivity index (χ2v) is 14.9. The zero-order valence-corrected chi connectivity index (χ0v) is 24.4. The fourth-order valence-electron chi connectivity index (χ4n) is 8.46. The van der Waals surface area contributed by atoms with Crippen molar-refractivity contribution in [3.63, 3.8) is 0 Å². The van der Waals surface area contributed by atoms with E-state index in [-0.39, 0.29) is 18.2 Å². The quantitative estimate of drug-likeness (QED) is 0.552. The molecule has 2 aromatic carbocycles. The average molecular weight is 581 g/mol. The highest BCUT2D eigenvalue weighted by Gasteiger charge is 2.55. The fraction of sp³-hybridized carbons (Fsp3) is 0.581. The molecule has 3 unspecified atom stereocenters. The largest absolute Gasteiger partial charge is 0.490 e. The van der Waals surface area contributed by atoms with Crippen LogP contribution in [0, 0.1) is 17.8 Å². The van der Waals surface area contributed by atoms with Crippen LogP contribution in [0.5, 0.6) is 5.75 Å². The summed E-state index contributed by atoms with van der Waals surface area (Å²) in [5, 5.41) is 14.4. The molecule has 41 heavy (non-hydrogen) atoms. The molecule has 2 N–H and O–H groups in total. The number of nitrogens with zero attached hydrogens (tertiary/aromatic N) is 3. The number of hydrogen-bond acceptors (Lipinski definition) is 6. The molecule has 4 bridgehead atoms. The Kier molecular flexibility index (Phi) is 6.71. The van der Waals surface area contributed by atoms with Crippen molar-refractivity contribution in [2.24, 2.45) is 17.8 Å². The number of hydrogen-bond donors (Lipinski definition) is 2. The Morgan fingerprint density at radius 1 is 0.927 bits per heavy atom. The maximum Gasteiger partial charge on any atom is 0.322 e. The van der Waals surface area contributed by atoms with E-state index in [4.69, 9.17) is 4.74 Å². The second-order valence-electron chi connectivity index (χ2n) is 12.9. The predicted molar refractivity (Wildman–Crippen MR) is 158 cm³/mol. The van der Waals surface area contributed by atoms with Crippen LogP contribution in [0.4, 0.5) is 21.9 Å². The van der Waals surface area contributed by atoms with Crippen molar-refractivity contribution in [3.8, 4) is 5.75 Å². The number of urea groups is 1. The van der Waals surface area contributed by atoms with Crippen molar-refractivity contribution in [1.29, 1.82) is 0 Å². The van der Waals surface area contributed by atoms with Gasteiger partial charge in [-0.2, -0.15) is 0 Å². The van der Waals surface area contributed by atoms with Crippen LogP contribution >= 0.6 is 0 Å². The minimum absolute atomic E-state index is 0.000901. The van der Waals surface area contributed by atoms with Crippen LogP contribution in [0.1, 0.15) is 44.9 Å². The molecule has 5 atom stereocenters. The summed E-state index contributed by atoms with van der Waals surface area (Å²) < 4.78 is 31.3. The molecule has 8 rings (SSSR count). The number of para-hydroxylation sites is 2. The first-order valence-electron chi connectivity index (χ1n) is 15.0. The van der Waals surface area contributed by atoms with Gasteiger partial charge < -0.3 is 20.1 Å². The molecule has 2 aromatic rings. The van der Waals surface area contributed by atoms with Gasteiger partial charge in [-0.3, -0.25) is 4.90 Å². The molecule has 4 aliphatic carbocycles. The molecule has 5 fully saturated rings. The number of rotatable bonds is 5. The molecule has 1 saturated heterocycles. The fourth-order valence-corrected chi connectivity index (χ4v) is 9.33. The first-order valence-corrected chi connectivity index (χ1v) is 16.9. The average Bonchev–Trinajstić information content (AvgIpc) is 2.94. The number of nitrogens with one attached hydrogen (secondary N) is 1. The first kappa shape index (κ1) is 27.0. The molecule has 6 aliphatic rings. The van der Waals surface area contributed by atoms with Gasteiger partial charge in [0.15, 0.2) is 0 Å². The number of anilines is 3. The summed E-state index contributed by atoms with van der Waals surface area (Å²) in [5.74, 6) is 2.14. The maximum absolute atomic E-state index is 13.7. The number of aliphatic hydroxyl groups is 1. The SMILES string of the molecule is CS(=O)(=O)N1CCC(Oc2ccc(N3CCN(C(=O)NC4[C@@H]5CC6C[C@H]4CC(O)(C6)C5)c4ccccc43)cc2)CC1. The van der Waals surface area contributed by atoms with Gasteiger partial charge in [-0.1, -0.05) is 12.1 Å². The van der Waals surface area contributed by atoms with Crippen LogP contribution in [0.15, 0.2) is 48.5 Å². The molecular formula is C31H40N4O5S. The van der Waals surface area contributed by atoms with E-state index in [1.807, 2.05) is 47.4 Å². The molecule has 2 heterocycles. The monoisotopic (exact) mass is 580 g/mol.